The zero-order valence-electron chi connectivity index (χ0n) is 10.6. The number of carbonyl (C=O) groups is 1. The SMILES string of the molecule is COC(CC(C)(O)C(C(=O)O)C(C)C)OC. The van der Waals surface area contributed by atoms with E-state index >= 15 is 0 Å². The molecule has 16 heavy (non-hydrogen) atoms. The van der Waals surface area contributed by atoms with Crippen LogP contribution in [0.5, 0.6) is 0 Å². The van der Waals surface area contributed by atoms with Gasteiger partial charge in [-0.3, -0.25) is 4.79 Å². The third-order valence-corrected chi connectivity index (χ3v) is 2.71. The molecule has 0 amide bonds. The van der Waals surface area contributed by atoms with Crippen molar-refractivity contribution in [3.8, 4) is 0 Å². The zero-order chi connectivity index (χ0) is 12.9. The molecule has 2 atom stereocenters. The van der Waals surface area contributed by atoms with E-state index < -0.39 is 23.8 Å². The maximum absolute atomic E-state index is 11.1. The van der Waals surface area contributed by atoms with Gasteiger partial charge in [0, 0.05) is 20.6 Å². The van der Waals surface area contributed by atoms with E-state index in [-0.39, 0.29) is 12.3 Å². The number of aliphatic hydroxyl groups is 1. The summed E-state index contributed by atoms with van der Waals surface area (Å²) in [5.41, 5.74) is -1.36. The van der Waals surface area contributed by atoms with Gasteiger partial charge in [0.15, 0.2) is 6.29 Å². The summed E-state index contributed by atoms with van der Waals surface area (Å²) in [6, 6.07) is 0. The molecule has 0 aliphatic rings. The molecule has 0 radical (unpaired) electrons. The lowest BCUT2D eigenvalue weighted by atomic mass is 9.78. The van der Waals surface area contributed by atoms with Crippen molar-refractivity contribution in [1.82, 2.24) is 0 Å². The lowest BCUT2D eigenvalue weighted by Gasteiger charge is -2.34. The summed E-state index contributed by atoms with van der Waals surface area (Å²) in [6.45, 7) is 5.03. The maximum atomic E-state index is 11.1. The molecule has 5 heteroatoms. The van der Waals surface area contributed by atoms with Gasteiger partial charge in [-0.05, 0) is 12.8 Å². The van der Waals surface area contributed by atoms with E-state index in [4.69, 9.17) is 14.6 Å². The average molecular weight is 234 g/mol. The average Bonchev–Trinajstić information content (AvgIpc) is 2.12. The molecule has 0 saturated heterocycles. The molecule has 0 saturated carbocycles. The van der Waals surface area contributed by atoms with E-state index in [2.05, 4.69) is 0 Å². The molecule has 5 nitrogen and oxygen atoms in total. The van der Waals surface area contributed by atoms with Crippen LogP contribution in [0.3, 0.4) is 0 Å². The van der Waals surface area contributed by atoms with Crippen LogP contribution in [0, 0.1) is 11.8 Å². The molecular weight excluding hydrogens is 212 g/mol. The van der Waals surface area contributed by atoms with Gasteiger partial charge in [-0.15, -0.1) is 0 Å². The minimum Gasteiger partial charge on any atom is -0.481 e. The number of methoxy groups -OCH3 is 2. The van der Waals surface area contributed by atoms with Crippen LogP contribution >= 0.6 is 0 Å². The number of carboxylic acid groups (broad SMARTS) is 1. The number of rotatable bonds is 7. The Morgan fingerprint density at radius 2 is 1.75 bits per heavy atom. The molecule has 0 heterocycles. The summed E-state index contributed by atoms with van der Waals surface area (Å²) >= 11 is 0. The molecule has 0 spiro atoms. The molecule has 0 aliphatic carbocycles. The lowest BCUT2D eigenvalue weighted by Crippen LogP contribution is -2.45. The van der Waals surface area contributed by atoms with Crippen molar-refractivity contribution in [2.24, 2.45) is 11.8 Å². The van der Waals surface area contributed by atoms with Gasteiger partial charge < -0.3 is 19.7 Å². The topological polar surface area (TPSA) is 76.0 Å². The molecule has 96 valence electrons. The Bertz CT molecular complexity index is 220. The Hall–Kier alpha value is -0.650. The standard InChI is InChI=1S/C11H22O5/c1-7(2)9(10(12)13)11(3,14)6-8(15-4)16-5/h7-9,14H,6H2,1-5H3,(H,12,13). The fraction of sp³-hybridized carbons (Fsp3) is 0.909. The number of ether oxygens (including phenoxy) is 2. The predicted molar refractivity (Wildman–Crippen MR) is 59.0 cm³/mol. The van der Waals surface area contributed by atoms with Crippen LogP contribution in [0.1, 0.15) is 27.2 Å². The van der Waals surface area contributed by atoms with Crippen molar-refractivity contribution < 1.29 is 24.5 Å². The Morgan fingerprint density at radius 1 is 1.31 bits per heavy atom. The Morgan fingerprint density at radius 3 is 2.00 bits per heavy atom. The quantitative estimate of drug-likeness (QED) is 0.645. The third kappa shape index (κ3) is 4.08. The van der Waals surface area contributed by atoms with Crippen molar-refractivity contribution in [2.75, 3.05) is 14.2 Å². The second-order valence-corrected chi connectivity index (χ2v) is 4.52. The Kier molecular flexibility index (Phi) is 5.92. The second-order valence-electron chi connectivity index (χ2n) is 4.52. The fourth-order valence-corrected chi connectivity index (χ4v) is 2.00. The van der Waals surface area contributed by atoms with Gasteiger partial charge in [0.25, 0.3) is 0 Å². The van der Waals surface area contributed by atoms with Crippen LogP contribution in [-0.2, 0) is 14.3 Å². The van der Waals surface area contributed by atoms with Crippen molar-refractivity contribution in [1.29, 1.82) is 0 Å². The van der Waals surface area contributed by atoms with Gasteiger partial charge in [0.1, 0.15) is 0 Å². The highest BCUT2D eigenvalue weighted by molar-refractivity contribution is 5.71. The van der Waals surface area contributed by atoms with E-state index in [1.165, 1.54) is 21.1 Å². The minimum atomic E-state index is -1.36. The molecule has 0 bridgehead atoms. The maximum Gasteiger partial charge on any atom is 0.309 e. The van der Waals surface area contributed by atoms with Crippen molar-refractivity contribution in [3.63, 3.8) is 0 Å². The molecule has 0 aromatic carbocycles. The summed E-state index contributed by atoms with van der Waals surface area (Å²) in [7, 11) is 2.91. The summed E-state index contributed by atoms with van der Waals surface area (Å²) in [5.74, 6) is -2.02. The van der Waals surface area contributed by atoms with Crippen molar-refractivity contribution in [3.05, 3.63) is 0 Å². The van der Waals surface area contributed by atoms with Gasteiger partial charge in [0.2, 0.25) is 0 Å². The first kappa shape index (κ1) is 15.3. The van der Waals surface area contributed by atoms with E-state index in [0.717, 1.165) is 0 Å². The number of aliphatic carboxylic acids is 1. The van der Waals surface area contributed by atoms with Crippen molar-refractivity contribution in [2.45, 2.75) is 39.1 Å². The van der Waals surface area contributed by atoms with Gasteiger partial charge in [-0.25, -0.2) is 0 Å². The summed E-state index contributed by atoms with van der Waals surface area (Å²) in [6.07, 6.45) is -0.481. The Labute approximate surface area is 96.4 Å². The largest absolute Gasteiger partial charge is 0.481 e. The molecule has 0 aromatic heterocycles. The molecular formula is C11H22O5. The van der Waals surface area contributed by atoms with E-state index in [1.807, 2.05) is 0 Å². The fourth-order valence-electron chi connectivity index (χ4n) is 2.00. The monoisotopic (exact) mass is 234 g/mol. The van der Waals surface area contributed by atoms with Crippen LogP contribution in [0.25, 0.3) is 0 Å². The first-order valence-electron chi connectivity index (χ1n) is 5.27. The van der Waals surface area contributed by atoms with E-state index in [9.17, 15) is 9.90 Å². The highest BCUT2D eigenvalue weighted by atomic mass is 16.7. The smallest absolute Gasteiger partial charge is 0.309 e. The van der Waals surface area contributed by atoms with Crippen LogP contribution < -0.4 is 0 Å². The van der Waals surface area contributed by atoms with Gasteiger partial charge in [0.05, 0.1) is 11.5 Å². The highest BCUT2D eigenvalue weighted by Crippen LogP contribution is 2.30. The molecule has 0 fully saturated rings. The van der Waals surface area contributed by atoms with Gasteiger partial charge in [-0.1, -0.05) is 13.8 Å². The predicted octanol–water partition coefficient (Wildman–Crippen LogP) is 1.10. The van der Waals surface area contributed by atoms with Crippen LogP contribution in [0.4, 0.5) is 0 Å². The Balaban J connectivity index is 4.77. The summed E-state index contributed by atoms with van der Waals surface area (Å²) in [4.78, 5) is 11.1. The first-order valence-corrected chi connectivity index (χ1v) is 5.27. The summed E-state index contributed by atoms with van der Waals surface area (Å²) in [5, 5.41) is 19.3. The van der Waals surface area contributed by atoms with Crippen LogP contribution in [-0.4, -0.2) is 42.3 Å². The summed E-state index contributed by atoms with van der Waals surface area (Å²) < 4.78 is 9.94. The lowest BCUT2D eigenvalue weighted by molar-refractivity contribution is -0.173. The van der Waals surface area contributed by atoms with Gasteiger partial charge >= 0.3 is 5.97 Å². The minimum absolute atomic E-state index is 0.120. The number of carboxylic acids is 1. The number of hydrogen-bond donors (Lipinski definition) is 2. The van der Waals surface area contributed by atoms with Crippen molar-refractivity contribution >= 4 is 5.97 Å². The molecule has 2 N–H and O–H groups in total. The first-order chi connectivity index (χ1) is 7.26. The van der Waals surface area contributed by atoms with Gasteiger partial charge in [-0.2, -0.15) is 0 Å². The molecule has 0 rings (SSSR count). The second kappa shape index (κ2) is 6.18. The highest BCUT2D eigenvalue weighted by Gasteiger charge is 2.41. The zero-order valence-corrected chi connectivity index (χ0v) is 10.6. The number of hydrogen-bond acceptors (Lipinski definition) is 4. The molecule has 0 aromatic rings. The molecule has 0 aliphatic heterocycles. The third-order valence-electron chi connectivity index (χ3n) is 2.71. The van der Waals surface area contributed by atoms with E-state index in [0.29, 0.717) is 0 Å². The molecule has 2 unspecified atom stereocenters. The van der Waals surface area contributed by atoms with Crippen LogP contribution in [0.2, 0.25) is 0 Å². The van der Waals surface area contributed by atoms with E-state index in [1.54, 1.807) is 13.8 Å². The van der Waals surface area contributed by atoms with Crippen LogP contribution in [0.15, 0.2) is 0 Å². The normalized spacial score (nSPS) is 17.5.